The molecule has 0 aliphatic carbocycles. The molecule has 96 valence electrons. The van der Waals surface area contributed by atoms with E-state index in [-0.39, 0.29) is 5.56 Å². The minimum Gasteiger partial charge on any atom is -0.326 e. The minimum atomic E-state index is -4.37. The van der Waals surface area contributed by atoms with Crippen LogP contribution in [0.3, 0.4) is 0 Å². The van der Waals surface area contributed by atoms with E-state index < -0.39 is 11.7 Å². The molecule has 0 fully saturated rings. The Hall–Kier alpha value is -0.850. The number of hydrogen-bond donors (Lipinski definition) is 1. The van der Waals surface area contributed by atoms with Gasteiger partial charge in [-0.2, -0.15) is 13.2 Å². The first-order valence-corrected chi connectivity index (χ1v) is 6.68. The largest absolute Gasteiger partial charge is 0.417 e. The normalized spacial score (nSPS) is 11.8. The summed E-state index contributed by atoms with van der Waals surface area (Å²) in [4.78, 5) is 1.44. The average molecular weight is 336 g/mol. The molecule has 0 aliphatic heterocycles. The molecule has 18 heavy (non-hydrogen) atoms. The van der Waals surface area contributed by atoms with Crippen molar-refractivity contribution in [1.29, 1.82) is 0 Å². The summed E-state index contributed by atoms with van der Waals surface area (Å²) in [5.41, 5.74) is 5.02. The fourth-order valence-corrected chi connectivity index (χ4v) is 2.89. The monoisotopic (exact) mass is 335 g/mol. The first kappa shape index (κ1) is 13.6. The van der Waals surface area contributed by atoms with E-state index in [1.54, 1.807) is 18.2 Å². The lowest BCUT2D eigenvalue weighted by Gasteiger charge is -2.12. The first-order valence-electron chi connectivity index (χ1n) is 5.07. The molecule has 2 aromatic rings. The third-order valence-corrected chi connectivity index (χ3v) is 4.05. The van der Waals surface area contributed by atoms with Crippen molar-refractivity contribution in [3.05, 3.63) is 45.2 Å². The van der Waals surface area contributed by atoms with Crippen molar-refractivity contribution < 1.29 is 13.2 Å². The third-order valence-electron chi connectivity index (χ3n) is 2.42. The zero-order chi connectivity index (χ0) is 13.3. The predicted molar refractivity (Wildman–Crippen MR) is 70.3 cm³/mol. The van der Waals surface area contributed by atoms with Gasteiger partial charge in [0.1, 0.15) is 0 Å². The Labute approximate surface area is 115 Å². The number of halogens is 4. The third kappa shape index (κ3) is 2.76. The Balaban J connectivity index is 2.56. The van der Waals surface area contributed by atoms with Crippen LogP contribution in [0.4, 0.5) is 13.2 Å². The van der Waals surface area contributed by atoms with Crippen LogP contribution in [0.2, 0.25) is 0 Å². The second-order valence-corrected chi connectivity index (χ2v) is 5.74. The summed E-state index contributed by atoms with van der Waals surface area (Å²) in [5.74, 6) is 0. The highest BCUT2D eigenvalue weighted by atomic mass is 79.9. The number of nitrogens with two attached hydrogens (primary N) is 1. The van der Waals surface area contributed by atoms with Gasteiger partial charge in [-0.1, -0.05) is 22.0 Å². The maximum Gasteiger partial charge on any atom is 0.417 e. The lowest BCUT2D eigenvalue weighted by molar-refractivity contribution is -0.137. The topological polar surface area (TPSA) is 26.0 Å². The van der Waals surface area contributed by atoms with Gasteiger partial charge in [0.15, 0.2) is 0 Å². The molecule has 0 spiro atoms. The van der Waals surface area contributed by atoms with Gasteiger partial charge in [0.05, 0.1) is 5.56 Å². The molecule has 0 saturated carbocycles. The van der Waals surface area contributed by atoms with Crippen molar-refractivity contribution in [2.24, 2.45) is 5.73 Å². The van der Waals surface area contributed by atoms with E-state index in [0.717, 1.165) is 10.9 Å². The molecule has 0 atom stereocenters. The fraction of sp³-hybridized carbons (Fsp3) is 0.167. The highest BCUT2D eigenvalue weighted by Gasteiger charge is 2.34. The van der Waals surface area contributed by atoms with Crippen LogP contribution in [0.5, 0.6) is 0 Å². The van der Waals surface area contributed by atoms with Crippen molar-refractivity contribution >= 4 is 27.3 Å². The summed E-state index contributed by atoms with van der Waals surface area (Å²) in [6.07, 6.45) is -4.37. The Kier molecular flexibility index (Phi) is 3.79. The van der Waals surface area contributed by atoms with E-state index >= 15 is 0 Å². The molecule has 0 radical (unpaired) electrons. The second kappa shape index (κ2) is 5.03. The van der Waals surface area contributed by atoms with Crippen molar-refractivity contribution in [1.82, 2.24) is 0 Å². The standard InChI is InChI=1S/C12H9BrF3NS/c13-7-1-3-9(10(5-7)12(14,15)16)11-4-2-8(6-17)18-11/h1-5H,6,17H2. The molecule has 6 heteroatoms. The van der Waals surface area contributed by atoms with E-state index in [1.807, 2.05) is 0 Å². The number of thiophene rings is 1. The summed E-state index contributed by atoms with van der Waals surface area (Å²) in [6.45, 7) is 0.336. The van der Waals surface area contributed by atoms with Gasteiger partial charge in [0.2, 0.25) is 0 Å². The number of rotatable bonds is 2. The van der Waals surface area contributed by atoms with Crippen molar-refractivity contribution in [3.63, 3.8) is 0 Å². The van der Waals surface area contributed by atoms with E-state index in [1.165, 1.54) is 17.4 Å². The number of hydrogen-bond acceptors (Lipinski definition) is 2. The predicted octanol–water partition coefficient (Wildman–Crippen LogP) is 4.66. The summed E-state index contributed by atoms with van der Waals surface area (Å²) in [5, 5.41) is 0. The van der Waals surface area contributed by atoms with E-state index in [0.29, 0.717) is 15.9 Å². The van der Waals surface area contributed by atoms with Gasteiger partial charge in [0, 0.05) is 26.3 Å². The maximum absolute atomic E-state index is 13.0. The molecule has 0 unspecified atom stereocenters. The Morgan fingerprint density at radius 3 is 2.44 bits per heavy atom. The van der Waals surface area contributed by atoms with Crippen LogP contribution in [0.15, 0.2) is 34.8 Å². The first-order chi connectivity index (χ1) is 8.41. The second-order valence-electron chi connectivity index (χ2n) is 3.66. The number of alkyl halides is 3. The molecule has 1 nitrogen and oxygen atoms in total. The van der Waals surface area contributed by atoms with Crippen LogP contribution >= 0.6 is 27.3 Å². The molecule has 2 rings (SSSR count). The van der Waals surface area contributed by atoms with E-state index in [9.17, 15) is 13.2 Å². The lowest BCUT2D eigenvalue weighted by atomic mass is 10.1. The summed E-state index contributed by atoms with van der Waals surface area (Å²) < 4.78 is 39.3. The smallest absolute Gasteiger partial charge is 0.326 e. The number of benzene rings is 1. The van der Waals surface area contributed by atoms with Crippen LogP contribution in [0.25, 0.3) is 10.4 Å². The van der Waals surface area contributed by atoms with Gasteiger partial charge in [-0.05, 0) is 24.3 Å². The minimum absolute atomic E-state index is 0.190. The van der Waals surface area contributed by atoms with Crippen LogP contribution < -0.4 is 5.73 Å². The molecule has 1 aromatic carbocycles. The van der Waals surface area contributed by atoms with Gasteiger partial charge in [-0.25, -0.2) is 0 Å². The van der Waals surface area contributed by atoms with Crippen molar-refractivity contribution in [2.45, 2.75) is 12.7 Å². The molecule has 2 N–H and O–H groups in total. The van der Waals surface area contributed by atoms with Crippen LogP contribution in [0.1, 0.15) is 10.4 Å². The molecule has 0 bridgehead atoms. The molecule has 0 amide bonds. The molecule has 1 aromatic heterocycles. The average Bonchev–Trinajstić information content (AvgIpc) is 2.76. The summed E-state index contributed by atoms with van der Waals surface area (Å²) >= 11 is 4.35. The Morgan fingerprint density at radius 2 is 1.89 bits per heavy atom. The molecular formula is C12H9BrF3NS. The van der Waals surface area contributed by atoms with Gasteiger partial charge in [-0.3, -0.25) is 0 Å². The molecule has 0 aliphatic rings. The van der Waals surface area contributed by atoms with Gasteiger partial charge in [-0.15, -0.1) is 11.3 Å². The van der Waals surface area contributed by atoms with Crippen molar-refractivity contribution in [3.8, 4) is 10.4 Å². The SMILES string of the molecule is NCc1ccc(-c2ccc(Br)cc2C(F)(F)F)s1. The Bertz CT molecular complexity index is 563. The lowest BCUT2D eigenvalue weighted by Crippen LogP contribution is -2.06. The zero-order valence-corrected chi connectivity index (χ0v) is 11.5. The summed E-state index contributed by atoms with van der Waals surface area (Å²) in [6, 6.07) is 7.59. The van der Waals surface area contributed by atoms with Gasteiger partial charge in [0.25, 0.3) is 0 Å². The summed E-state index contributed by atoms with van der Waals surface area (Å²) in [7, 11) is 0. The quantitative estimate of drug-likeness (QED) is 0.848. The fourth-order valence-electron chi connectivity index (χ4n) is 1.60. The van der Waals surface area contributed by atoms with Gasteiger partial charge < -0.3 is 5.73 Å². The van der Waals surface area contributed by atoms with E-state index in [4.69, 9.17) is 5.73 Å². The molecular weight excluding hydrogens is 327 g/mol. The molecule has 1 heterocycles. The Morgan fingerprint density at radius 1 is 1.17 bits per heavy atom. The van der Waals surface area contributed by atoms with E-state index in [2.05, 4.69) is 15.9 Å². The van der Waals surface area contributed by atoms with Crippen LogP contribution in [-0.4, -0.2) is 0 Å². The highest BCUT2D eigenvalue weighted by molar-refractivity contribution is 9.10. The molecule has 0 saturated heterocycles. The van der Waals surface area contributed by atoms with Crippen molar-refractivity contribution in [2.75, 3.05) is 0 Å². The maximum atomic E-state index is 13.0. The zero-order valence-electron chi connectivity index (χ0n) is 9.09. The highest BCUT2D eigenvalue weighted by Crippen LogP contribution is 2.40. The van der Waals surface area contributed by atoms with Gasteiger partial charge >= 0.3 is 6.18 Å². The van der Waals surface area contributed by atoms with Crippen LogP contribution in [-0.2, 0) is 12.7 Å². The van der Waals surface area contributed by atoms with Crippen LogP contribution in [0, 0.1) is 0 Å².